The highest BCUT2D eigenvalue weighted by atomic mass is 35.5. The number of hydrogen-bond acceptors (Lipinski definition) is 5. The molecular weight excluding hydrogens is 370 g/mol. The Kier molecular flexibility index (Phi) is 5.57. The van der Waals surface area contributed by atoms with Gasteiger partial charge in [0.15, 0.2) is 0 Å². The van der Waals surface area contributed by atoms with E-state index in [-0.39, 0.29) is 11.9 Å². The molecule has 0 unspecified atom stereocenters. The molecule has 1 aliphatic rings. The van der Waals surface area contributed by atoms with Crippen molar-refractivity contribution in [2.45, 2.75) is 23.0 Å². The molecule has 3 rings (SSSR count). The fourth-order valence-corrected chi connectivity index (χ4v) is 5.13. The SMILES string of the molecule is CCOC(=O)[C@@H]1S[C@H](c2ccc(Cl)cc2)[C@@H](C#N)[C@@]1(O)c1ccccc1. The van der Waals surface area contributed by atoms with Gasteiger partial charge >= 0.3 is 5.97 Å². The molecule has 6 heteroatoms. The Labute approximate surface area is 161 Å². The summed E-state index contributed by atoms with van der Waals surface area (Å²) in [5, 5.41) is 20.8. The molecule has 0 spiro atoms. The maximum atomic E-state index is 12.6. The average molecular weight is 388 g/mol. The van der Waals surface area contributed by atoms with E-state index in [9.17, 15) is 15.2 Å². The number of carbonyl (C=O) groups is 1. The van der Waals surface area contributed by atoms with Crippen molar-refractivity contribution in [1.29, 1.82) is 5.26 Å². The molecule has 4 nitrogen and oxygen atoms in total. The molecule has 0 amide bonds. The summed E-state index contributed by atoms with van der Waals surface area (Å²) in [6.07, 6.45) is 0. The first kappa shape index (κ1) is 18.8. The molecule has 1 N–H and O–H groups in total. The number of rotatable bonds is 4. The minimum absolute atomic E-state index is 0.212. The van der Waals surface area contributed by atoms with E-state index in [1.807, 2.05) is 18.2 Å². The van der Waals surface area contributed by atoms with Gasteiger partial charge in [-0.1, -0.05) is 54.1 Å². The number of thioether (sulfide) groups is 1. The van der Waals surface area contributed by atoms with Gasteiger partial charge in [-0.2, -0.15) is 5.26 Å². The standard InChI is InChI=1S/C20H18ClNO3S/c1-2-25-19(23)18-20(24,14-6-4-3-5-7-14)16(12-22)17(26-18)13-8-10-15(21)11-9-13/h3-11,16-18,24H,2H2,1H3/t16-,17-,18+,20+/m1/s1. The predicted molar refractivity (Wildman–Crippen MR) is 102 cm³/mol. The second kappa shape index (κ2) is 7.71. The Morgan fingerprint density at radius 1 is 1.27 bits per heavy atom. The van der Waals surface area contributed by atoms with E-state index in [0.29, 0.717) is 10.6 Å². The first-order valence-corrected chi connectivity index (χ1v) is 9.59. The van der Waals surface area contributed by atoms with Crippen molar-refractivity contribution >= 4 is 29.3 Å². The highest BCUT2D eigenvalue weighted by Crippen LogP contribution is 2.58. The van der Waals surface area contributed by atoms with Crippen LogP contribution in [-0.4, -0.2) is 22.9 Å². The smallest absolute Gasteiger partial charge is 0.322 e. The molecular formula is C20H18ClNO3S. The van der Waals surface area contributed by atoms with Crippen LogP contribution in [0.2, 0.25) is 5.02 Å². The van der Waals surface area contributed by atoms with Crippen LogP contribution in [0.5, 0.6) is 0 Å². The molecule has 0 radical (unpaired) electrons. The lowest BCUT2D eigenvalue weighted by molar-refractivity contribution is -0.148. The van der Waals surface area contributed by atoms with E-state index in [1.54, 1.807) is 43.3 Å². The van der Waals surface area contributed by atoms with E-state index in [0.717, 1.165) is 5.56 Å². The van der Waals surface area contributed by atoms with E-state index in [2.05, 4.69) is 6.07 Å². The minimum atomic E-state index is -1.64. The number of ether oxygens (including phenoxy) is 1. The molecule has 0 aromatic heterocycles. The third-order valence-electron chi connectivity index (χ3n) is 4.53. The molecule has 2 aromatic rings. The first-order valence-electron chi connectivity index (χ1n) is 8.27. The summed E-state index contributed by atoms with van der Waals surface area (Å²) < 4.78 is 5.19. The number of carbonyl (C=O) groups excluding carboxylic acids is 1. The third-order valence-corrected chi connectivity index (χ3v) is 6.45. The van der Waals surface area contributed by atoms with Crippen LogP contribution in [0.25, 0.3) is 0 Å². The number of nitriles is 1. The van der Waals surface area contributed by atoms with Crippen LogP contribution in [0.1, 0.15) is 23.3 Å². The highest BCUT2D eigenvalue weighted by Gasteiger charge is 2.60. The summed E-state index contributed by atoms with van der Waals surface area (Å²) in [5.41, 5.74) is -0.266. The van der Waals surface area contributed by atoms with Crippen LogP contribution in [0, 0.1) is 17.2 Å². The first-order chi connectivity index (χ1) is 12.5. The molecule has 26 heavy (non-hydrogen) atoms. The maximum Gasteiger partial charge on any atom is 0.322 e. The fourth-order valence-electron chi connectivity index (χ4n) is 3.30. The Morgan fingerprint density at radius 3 is 2.50 bits per heavy atom. The molecule has 0 aliphatic carbocycles. The van der Waals surface area contributed by atoms with Crippen molar-refractivity contribution in [3.63, 3.8) is 0 Å². The Bertz CT molecular complexity index is 821. The van der Waals surface area contributed by atoms with Gasteiger partial charge in [-0.05, 0) is 30.2 Å². The van der Waals surface area contributed by atoms with Crippen molar-refractivity contribution in [2.24, 2.45) is 5.92 Å². The second-order valence-electron chi connectivity index (χ2n) is 6.04. The van der Waals surface area contributed by atoms with Crippen molar-refractivity contribution in [3.05, 3.63) is 70.7 Å². The zero-order chi connectivity index (χ0) is 18.7. The van der Waals surface area contributed by atoms with Crippen molar-refractivity contribution in [3.8, 4) is 6.07 Å². The molecule has 0 bridgehead atoms. The van der Waals surface area contributed by atoms with Gasteiger partial charge in [0.25, 0.3) is 0 Å². The number of aliphatic hydroxyl groups is 1. The lowest BCUT2D eigenvalue weighted by atomic mass is 9.76. The van der Waals surface area contributed by atoms with Crippen LogP contribution in [0.4, 0.5) is 0 Å². The fraction of sp³-hybridized carbons (Fsp3) is 0.300. The summed E-state index contributed by atoms with van der Waals surface area (Å²) in [7, 11) is 0. The Hall–Kier alpha value is -2.00. The molecule has 0 saturated carbocycles. The van der Waals surface area contributed by atoms with Gasteiger partial charge in [-0.15, -0.1) is 11.8 Å². The largest absolute Gasteiger partial charge is 0.465 e. The summed E-state index contributed by atoms with van der Waals surface area (Å²) in [6.45, 7) is 1.93. The van der Waals surface area contributed by atoms with Gasteiger partial charge < -0.3 is 9.84 Å². The lowest BCUT2D eigenvalue weighted by Gasteiger charge is -2.31. The summed E-state index contributed by atoms with van der Waals surface area (Å²) in [5.74, 6) is -1.33. The minimum Gasteiger partial charge on any atom is -0.465 e. The molecule has 1 fully saturated rings. The summed E-state index contributed by atoms with van der Waals surface area (Å²) in [6, 6.07) is 18.2. The van der Waals surface area contributed by atoms with Gasteiger partial charge in [0.05, 0.1) is 18.6 Å². The van der Waals surface area contributed by atoms with Crippen molar-refractivity contribution < 1.29 is 14.6 Å². The summed E-state index contributed by atoms with van der Waals surface area (Å²) >= 11 is 7.23. The van der Waals surface area contributed by atoms with Crippen LogP contribution in [0.15, 0.2) is 54.6 Å². The zero-order valence-electron chi connectivity index (χ0n) is 14.1. The molecule has 1 heterocycles. The van der Waals surface area contributed by atoms with Crippen molar-refractivity contribution in [1.82, 2.24) is 0 Å². The summed E-state index contributed by atoms with van der Waals surface area (Å²) in [4.78, 5) is 12.6. The van der Waals surface area contributed by atoms with Crippen LogP contribution in [0.3, 0.4) is 0 Å². The van der Waals surface area contributed by atoms with Crippen LogP contribution < -0.4 is 0 Å². The number of hydrogen-bond donors (Lipinski definition) is 1. The maximum absolute atomic E-state index is 12.6. The van der Waals surface area contributed by atoms with E-state index < -0.39 is 22.7 Å². The molecule has 1 aliphatic heterocycles. The number of halogens is 1. The van der Waals surface area contributed by atoms with Crippen LogP contribution in [-0.2, 0) is 15.1 Å². The Morgan fingerprint density at radius 2 is 1.92 bits per heavy atom. The number of nitrogens with zero attached hydrogens (tertiary/aromatic N) is 1. The average Bonchev–Trinajstić information content (AvgIpc) is 2.97. The van der Waals surface area contributed by atoms with Gasteiger partial charge in [0.2, 0.25) is 0 Å². The highest BCUT2D eigenvalue weighted by molar-refractivity contribution is 8.01. The monoisotopic (exact) mass is 387 g/mol. The van der Waals surface area contributed by atoms with Crippen LogP contribution >= 0.6 is 23.4 Å². The molecule has 134 valence electrons. The topological polar surface area (TPSA) is 70.3 Å². The molecule has 2 aromatic carbocycles. The lowest BCUT2D eigenvalue weighted by Crippen LogP contribution is -2.44. The predicted octanol–water partition coefficient (Wildman–Crippen LogP) is 4.09. The third kappa shape index (κ3) is 3.21. The van der Waals surface area contributed by atoms with Gasteiger partial charge in [-0.25, -0.2) is 0 Å². The Balaban J connectivity index is 2.10. The number of benzene rings is 2. The van der Waals surface area contributed by atoms with E-state index >= 15 is 0 Å². The molecule has 4 atom stereocenters. The van der Waals surface area contributed by atoms with Gasteiger partial charge in [-0.3, -0.25) is 4.79 Å². The normalized spacial score (nSPS) is 27.7. The van der Waals surface area contributed by atoms with E-state index in [1.165, 1.54) is 11.8 Å². The molecule has 1 saturated heterocycles. The number of esters is 1. The van der Waals surface area contributed by atoms with E-state index in [4.69, 9.17) is 16.3 Å². The van der Waals surface area contributed by atoms with Crippen molar-refractivity contribution in [2.75, 3.05) is 6.61 Å². The quantitative estimate of drug-likeness (QED) is 0.800. The second-order valence-corrected chi connectivity index (χ2v) is 7.73. The zero-order valence-corrected chi connectivity index (χ0v) is 15.7. The van der Waals surface area contributed by atoms with Gasteiger partial charge in [0, 0.05) is 10.3 Å². The van der Waals surface area contributed by atoms with Gasteiger partial charge in [0.1, 0.15) is 10.9 Å².